The summed E-state index contributed by atoms with van der Waals surface area (Å²) in [5.41, 5.74) is 5.70. The van der Waals surface area contributed by atoms with Crippen LogP contribution in [0.15, 0.2) is 12.3 Å². The summed E-state index contributed by atoms with van der Waals surface area (Å²) in [4.78, 5) is 26.9. The number of carbonyl (C=O) groups excluding carboxylic acids is 1. The molecule has 7 heteroatoms. The Labute approximate surface area is 117 Å². The third kappa shape index (κ3) is 4.42. The molecule has 5 N–H and O–H groups in total. The highest BCUT2D eigenvalue weighted by Crippen LogP contribution is 2.16. The summed E-state index contributed by atoms with van der Waals surface area (Å²) in [7, 11) is 0. The molecular weight excluding hydrogens is 260 g/mol. The Balaban J connectivity index is 2.77. The van der Waals surface area contributed by atoms with Crippen molar-refractivity contribution in [2.24, 2.45) is 5.92 Å². The highest BCUT2D eigenvalue weighted by atomic mass is 16.4. The molecule has 1 unspecified atom stereocenters. The van der Waals surface area contributed by atoms with Crippen molar-refractivity contribution in [3.63, 3.8) is 0 Å². The van der Waals surface area contributed by atoms with Gasteiger partial charge in [0.1, 0.15) is 17.4 Å². The monoisotopic (exact) mass is 280 g/mol. The average molecular weight is 280 g/mol. The molecule has 0 fully saturated rings. The fourth-order valence-corrected chi connectivity index (χ4v) is 1.49. The largest absolute Gasteiger partial charge is 0.478 e. The molecule has 1 rings (SSSR count). The molecule has 0 aliphatic rings. The van der Waals surface area contributed by atoms with Gasteiger partial charge in [-0.15, -0.1) is 0 Å². The fourth-order valence-electron chi connectivity index (χ4n) is 1.49. The van der Waals surface area contributed by atoms with Crippen LogP contribution >= 0.6 is 0 Å². The van der Waals surface area contributed by atoms with Gasteiger partial charge in [-0.05, 0) is 18.9 Å². The van der Waals surface area contributed by atoms with Crippen LogP contribution in [0.4, 0.5) is 11.5 Å². The van der Waals surface area contributed by atoms with E-state index in [4.69, 9.17) is 10.8 Å². The van der Waals surface area contributed by atoms with Gasteiger partial charge in [-0.25, -0.2) is 9.78 Å². The minimum Gasteiger partial charge on any atom is -0.478 e. The van der Waals surface area contributed by atoms with Crippen LogP contribution in [0.1, 0.15) is 31.1 Å². The van der Waals surface area contributed by atoms with E-state index in [-0.39, 0.29) is 23.0 Å². The van der Waals surface area contributed by atoms with Gasteiger partial charge in [-0.3, -0.25) is 4.79 Å². The van der Waals surface area contributed by atoms with Gasteiger partial charge >= 0.3 is 5.97 Å². The van der Waals surface area contributed by atoms with Crippen LogP contribution in [0.3, 0.4) is 0 Å². The first-order valence-electron chi connectivity index (χ1n) is 6.34. The van der Waals surface area contributed by atoms with Crippen molar-refractivity contribution in [1.82, 2.24) is 10.3 Å². The lowest BCUT2D eigenvalue weighted by molar-refractivity contribution is -0.121. The number of rotatable bonds is 6. The second-order valence-electron chi connectivity index (χ2n) is 4.97. The number of nitrogens with zero attached hydrogens (tertiary/aromatic N) is 1. The number of pyridine rings is 1. The van der Waals surface area contributed by atoms with E-state index in [1.54, 1.807) is 6.92 Å². The molecule has 1 heterocycles. The number of hydrogen-bond acceptors (Lipinski definition) is 5. The minimum absolute atomic E-state index is 0.0616. The zero-order chi connectivity index (χ0) is 15.3. The third-order valence-electron chi connectivity index (χ3n) is 2.57. The summed E-state index contributed by atoms with van der Waals surface area (Å²) < 4.78 is 0. The number of nitrogens with two attached hydrogens (primary N) is 1. The molecule has 1 aromatic heterocycles. The molecule has 0 saturated carbocycles. The standard InChI is InChI=1S/C13H20N4O3/c1-7(2)5-16-12(18)8(3)17-11-10(13(19)20)4-9(14)6-15-11/h4,6-8H,5,14H2,1-3H3,(H,15,17)(H,16,18)(H,19,20). The molecule has 0 bridgehead atoms. The maximum absolute atomic E-state index is 11.8. The number of carboxylic acids is 1. The molecule has 1 amide bonds. The van der Waals surface area contributed by atoms with Gasteiger partial charge in [0.25, 0.3) is 0 Å². The summed E-state index contributed by atoms with van der Waals surface area (Å²) >= 11 is 0. The second-order valence-corrected chi connectivity index (χ2v) is 4.97. The van der Waals surface area contributed by atoms with Crippen LogP contribution in [0, 0.1) is 5.92 Å². The summed E-state index contributed by atoms with van der Waals surface area (Å²) in [5.74, 6) is -0.898. The van der Waals surface area contributed by atoms with Crippen molar-refractivity contribution >= 4 is 23.4 Å². The van der Waals surface area contributed by atoms with E-state index < -0.39 is 12.0 Å². The first-order chi connectivity index (χ1) is 9.31. The van der Waals surface area contributed by atoms with Crippen molar-refractivity contribution in [2.75, 3.05) is 17.6 Å². The number of nitrogen functional groups attached to an aromatic ring is 1. The van der Waals surface area contributed by atoms with Crippen LogP contribution < -0.4 is 16.4 Å². The predicted molar refractivity (Wildman–Crippen MR) is 76.5 cm³/mol. The van der Waals surface area contributed by atoms with Gasteiger partial charge in [0.15, 0.2) is 0 Å². The number of aromatic nitrogens is 1. The molecule has 1 aromatic rings. The molecule has 0 aromatic carbocycles. The van der Waals surface area contributed by atoms with Gasteiger partial charge in [0.05, 0.1) is 11.9 Å². The Morgan fingerprint density at radius 2 is 2.05 bits per heavy atom. The Kier molecular flexibility index (Phi) is 5.31. The number of carboxylic acid groups (broad SMARTS) is 1. The van der Waals surface area contributed by atoms with Gasteiger partial charge in [-0.1, -0.05) is 13.8 Å². The lowest BCUT2D eigenvalue weighted by atomic mass is 10.2. The average Bonchev–Trinajstić information content (AvgIpc) is 2.37. The van der Waals surface area contributed by atoms with Gasteiger partial charge in [0, 0.05) is 6.54 Å². The topological polar surface area (TPSA) is 117 Å². The zero-order valence-electron chi connectivity index (χ0n) is 11.8. The summed E-state index contributed by atoms with van der Waals surface area (Å²) in [6.45, 7) is 6.18. The molecule has 110 valence electrons. The molecule has 20 heavy (non-hydrogen) atoms. The quantitative estimate of drug-likeness (QED) is 0.616. The second kappa shape index (κ2) is 6.74. The summed E-state index contributed by atoms with van der Waals surface area (Å²) in [6, 6.07) is 0.708. The van der Waals surface area contributed by atoms with E-state index in [2.05, 4.69) is 15.6 Å². The lowest BCUT2D eigenvalue weighted by Crippen LogP contribution is -2.39. The summed E-state index contributed by atoms with van der Waals surface area (Å²) in [5, 5.41) is 14.6. The Bertz CT molecular complexity index is 502. The number of nitrogens with one attached hydrogen (secondary N) is 2. The molecule has 0 spiro atoms. The Morgan fingerprint density at radius 3 is 2.60 bits per heavy atom. The number of amides is 1. The molecule has 0 saturated heterocycles. The molecule has 1 atom stereocenters. The number of aromatic carboxylic acids is 1. The van der Waals surface area contributed by atoms with E-state index in [0.29, 0.717) is 12.5 Å². The number of hydrogen-bond donors (Lipinski definition) is 4. The van der Waals surface area contributed by atoms with Crippen LogP contribution in [-0.2, 0) is 4.79 Å². The number of anilines is 2. The molecule has 0 aliphatic heterocycles. The Hall–Kier alpha value is -2.31. The van der Waals surface area contributed by atoms with E-state index in [9.17, 15) is 9.59 Å². The van der Waals surface area contributed by atoms with Crippen LogP contribution in [0.2, 0.25) is 0 Å². The maximum Gasteiger partial charge on any atom is 0.339 e. The highest BCUT2D eigenvalue weighted by molar-refractivity contribution is 5.95. The van der Waals surface area contributed by atoms with Crippen molar-refractivity contribution in [1.29, 1.82) is 0 Å². The van der Waals surface area contributed by atoms with Crippen molar-refractivity contribution in [3.05, 3.63) is 17.8 Å². The number of carbonyl (C=O) groups is 2. The van der Waals surface area contributed by atoms with E-state index >= 15 is 0 Å². The van der Waals surface area contributed by atoms with Gasteiger partial charge < -0.3 is 21.5 Å². The molecule has 0 radical (unpaired) electrons. The van der Waals surface area contributed by atoms with Gasteiger partial charge in [0.2, 0.25) is 5.91 Å². The van der Waals surface area contributed by atoms with E-state index in [1.807, 2.05) is 13.8 Å². The molecule has 7 nitrogen and oxygen atoms in total. The highest BCUT2D eigenvalue weighted by Gasteiger charge is 2.18. The molecule has 0 aliphatic carbocycles. The van der Waals surface area contributed by atoms with E-state index in [1.165, 1.54) is 12.3 Å². The fraction of sp³-hybridized carbons (Fsp3) is 0.462. The molecular formula is C13H20N4O3. The normalized spacial score (nSPS) is 12.0. The third-order valence-corrected chi connectivity index (χ3v) is 2.57. The predicted octanol–water partition coefficient (Wildman–Crippen LogP) is 0.935. The van der Waals surface area contributed by atoms with Crippen LogP contribution in [-0.4, -0.2) is 34.6 Å². The van der Waals surface area contributed by atoms with Crippen molar-refractivity contribution in [3.8, 4) is 0 Å². The van der Waals surface area contributed by atoms with Crippen LogP contribution in [0.5, 0.6) is 0 Å². The maximum atomic E-state index is 11.8. The van der Waals surface area contributed by atoms with Crippen molar-refractivity contribution < 1.29 is 14.7 Å². The summed E-state index contributed by atoms with van der Waals surface area (Å²) in [6.07, 6.45) is 1.34. The minimum atomic E-state index is -1.15. The zero-order valence-corrected chi connectivity index (χ0v) is 11.8. The SMILES string of the molecule is CC(C)CNC(=O)C(C)Nc1ncc(N)cc1C(=O)O. The smallest absolute Gasteiger partial charge is 0.339 e. The van der Waals surface area contributed by atoms with Crippen LogP contribution in [0.25, 0.3) is 0 Å². The van der Waals surface area contributed by atoms with E-state index in [0.717, 1.165) is 0 Å². The first-order valence-corrected chi connectivity index (χ1v) is 6.34. The Morgan fingerprint density at radius 1 is 1.40 bits per heavy atom. The van der Waals surface area contributed by atoms with Gasteiger partial charge in [-0.2, -0.15) is 0 Å². The van der Waals surface area contributed by atoms with Crippen molar-refractivity contribution in [2.45, 2.75) is 26.8 Å². The lowest BCUT2D eigenvalue weighted by Gasteiger charge is -2.17. The first kappa shape index (κ1) is 15.7.